The van der Waals surface area contributed by atoms with Crippen molar-refractivity contribution in [3.05, 3.63) is 36.4 Å². The second-order valence-electron chi connectivity index (χ2n) is 5.92. The van der Waals surface area contributed by atoms with Gasteiger partial charge in [-0.25, -0.2) is 0 Å². The number of carbonyl (C=O) groups excluding carboxylic acids is 1. The average molecular weight is 301 g/mol. The molecule has 2 aromatic rings. The van der Waals surface area contributed by atoms with Crippen molar-refractivity contribution in [2.75, 3.05) is 6.54 Å². The summed E-state index contributed by atoms with van der Waals surface area (Å²) in [6, 6.07) is 4.18. The predicted molar refractivity (Wildman–Crippen MR) is 83.2 cm³/mol. The van der Waals surface area contributed by atoms with Gasteiger partial charge in [-0.15, -0.1) is 0 Å². The van der Waals surface area contributed by atoms with Crippen LogP contribution >= 0.6 is 0 Å². The Hall–Kier alpha value is -2.11. The molecule has 2 aromatic heterocycles. The Balaban J connectivity index is 1.61. The minimum absolute atomic E-state index is 0.178. The quantitative estimate of drug-likeness (QED) is 0.847. The van der Waals surface area contributed by atoms with E-state index < -0.39 is 0 Å². The summed E-state index contributed by atoms with van der Waals surface area (Å²) in [5, 5.41) is 8.46. The van der Waals surface area contributed by atoms with Crippen LogP contribution in [-0.2, 0) is 17.9 Å². The maximum atomic E-state index is 12.6. The molecule has 0 bridgehead atoms. The summed E-state index contributed by atoms with van der Waals surface area (Å²) in [6.45, 7) is 4.05. The number of hydrogen-bond donors (Lipinski definition) is 0. The maximum absolute atomic E-state index is 12.6. The van der Waals surface area contributed by atoms with Gasteiger partial charge in [0.1, 0.15) is 6.54 Å². The molecular formula is C16H23N5O. The molecule has 3 rings (SSSR count). The van der Waals surface area contributed by atoms with E-state index >= 15 is 0 Å². The van der Waals surface area contributed by atoms with Gasteiger partial charge < -0.3 is 4.90 Å². The van der Waals surface area contributed by atoms with Gasteiger partial charge in [-0.1, -0.05) is 0 Å². The Bertz CT molecular complexity index is 604. The minimum Gasteiger partial charge on any atom is -0.338 e. The van der Waals surface area contributed by atoms with E-state index in [9.17, 15) is 4.79 Å². The molecule has 22 heavy (non-hydrogen) atoms. The Morgan fingerprint density at radius 2 is 2.23 bits per heavy atom. The first-order valence-corrected chi connectivity index (χ1v) is 7.99. The van der Waals surface area contributed by atoms with Crippen molar-refractivity contribution in [2.45, 2.75) is 51.7 Å². The van der Waals surface area contributed by atoms with Crippen LogP contribution in [0.15, 0.2) is 30.7 Å². The third kappa shape index (κ3) is 3.37. The smallest absolute Gasteiger partial charge is 0.244 e. The molecule has 0 saturated carbocycles. The number of amides is 1. The Labute approximate surface area is 130 Å². The molecule has 1 fully saturated rings. The number of nitrogens with zero attached hydrogens (tertiary/aromatic N) is 5. The van der Waals surface area contributed by atoms with Crippen LogP contribution in [0.4, 0.5) is 0 Å². The summed E-state index contributed by atoms with van der Waals surface area (Å²) in [5.41, 5.74) is 1.03. The number of rotatable bonds is 5. The summed E-state index contributed by atoms with van der Waals surface area (Å²) in [5.74, 6) is 0.178. The highest BCUT2D eigenvalue weighted by molar-refractivity contribution is 5.76. The number of likely N-dealkylation sites (tertiary alicyclic amines) is 1. The molecule has 6 heteroatoms. The van der Waals surface area contributed by atoms with Gasteiger partial charge in [0.25, 0.3) is 0 Å². The van der Waals surface area contributed by atoms with E-state index in [4.69, 9.17) is 0 Å². The molecule has 1 saturated heterocycles. The Morgan fingerprint density at radius 3 is 2.95 bits per heavy atom. The summed E-state index contributed by atoms with van der Waals surface area (Å²) >= 11 is 0. The van der Waals surface area contributed by atoms with Crippen LogP contribution < -0.4 is 0 Å². The van der Waals surface area contributed by atoms with Crippen molar-refractivity contribution in [2.24, 2.45) is 0 Å². The highest BCUT2D eigenvalue weighted by Crippen LogP contribution is 2.21. The molecule has 1 aliphatic rings. The van der Waals surface area contributed by atoms with Gasteiger partial charge in [0.05, 0.1) is 0 Å². The summed E-state index contributed by atoms with van der Waals surface area (Å²) < 4.78 is 3.72. The lowest BCUT2D eigenvalue weighted by atomic mass is 9.99. The molecule has 0 N–H and O–H groups in total. The Morgan fingerprint density at radius 1 is 1.32 bits per heavy atom. The highest BCUT2D eigenvalue weighted by Gasteiger charge is 2.26. The van der Waals surface area contributed by atoms with Crippen LogP contribution in [0.1, 0.15) is 31.4 Å². The zero-order chi connectivity index (χ0) is 15.4. The molecule has 1 unspecified atom stereocenters. The topological polar surface area (TPSA) is 56.0 Å². The lowest BCUT2D eigenvalue weighted by Crippen LogP contribution is -2.45. The van der Waals surface area contributed by atoms with Crippen molar-refractivity contribution < 1.29 is 4.79 Å². The van der Waals surface area contributed by atoms with E-state index in [0.717, 1.165) is 38.0 Å². The van der Waals surface area contributed by atoms with Gasteiger partial charge in [-0.2, -0.15) is 10.2 Å². The van der Waals surface area contributed by atoms with E-state index in [0.29, 0.717) is 12.6 Å². The zero-order valence-corrected chi connectivity index (χ0v) is 13.1. The van der Waals surface area contributed by atoms with Crippen LogP contribution in [-0.4, -0.2) is 43.0 Å². The van der Waals surface area contributed by atoms with E-state index in [-0.39, 0.29) is 5.91 Å². The van der Waals surface area contributed by atoms with Crippen LogP contribution in [0.3, 0.4) is 0 Å². The molecule has 0 spiro atoms. The number of hydrogen-bond acceptors (Lipinski definition) is 3. The fraction of sp³-hybridized carbons (Fsp3) is 0.562. The molecule has 3 heterocycles. The monoisotopic (exact) mass is 301 g/mol. The van der Waals surface area contributed by atoms with Gasteiger partial charge >= 0.3 is 0 Å². The molecule has 1 aliphatic heterocycles. The molecule has 1 amide bonds. The second kappa shape index (κ2) is 6.77. The van der Waals surface area contributed by atoms with Crippen molar-refractivity contribution in [1.82, 2.24) is 24.5 Å². The average Bonchev–Trinajstić information content (AvgIpc) is 3.18. The van der Waals surface area contributed by atoms with Crippen molar-refractivity contribution >= 4 is 5.91 Å². The second-order valence-corrected chi connectivity index (χ2v) is 5.92. The third-order valence-electron chi connectivity index (χ3n) is 4.41. The highest BCUT2D eigenvalue weighted by atomic mass is 16.2. The predicted octanol–water partition coefficient (Wildman–Crippen LogP) is 1.86. The molecule has 0 aromatic carbocycles. The van der Waals surface area contributed by atoms with E-state index in [1.807, 2.05) is 34.8 Å². The molecular weight excluding hydrogens is 278 g/mol. The molecule has 0 aliphatic carbocycles. The minimum atomic E-state index is 0.178. The van der Waals surface area contributed by atoms with E-state index in [2.05, 4.69) is 10.2 Å². The number of carbonyl (C=O) groups is 1. The van der Waals surface area contributed by atoms with Crippen LogP contribution in [0.2, 0.25) is 0 Å². The Kier molecular flexibility index (Phi) is 4.56. The summed E-state index contributed by atoms with van der Waals surface area (Å²) in [6.07, 6.45) is 9.87. The first-order valence-electron chi connectivity index (χ1n) is 7.99. The van der Waals surface area contributed by atoms with Crippen LogP contribution in [0.5, 0.6) is 0 Å². The number of aryl methyl sites for hydroxylation is 2. The van der Waals surface area contributed by atoms with Crippen LogP contribution in [0.25, 0.3) is 0 Å². The standard InChI is InChI=1S/C16H23N5O/c1-14-6-9-18-21(14)13-16(22)20-11-3-2-5-15(20)7-12-19-10-4-8-17-19/h4,6,8-10,15H,2-3,5,7,11-13H2,1H3. The maximum Gasteiger partial charge on any atom is 0.244 e. The zero-order valence-electron chi connectivity index (χ0n) is 13.1. The van der Waals surface area contributed by atoms with E-state index in [1.165, 1.54) is 6.42 Å². The molecule has 118 valence electrons. The molecule has 0 radical (unpaired) electrons. The van der Waals surface area contributed by atoms with Gasteiger partial charge in [0.2, 0.25) is 5.91 Å². The largest absolute Gasteiger partial charge is 0.338 e. The van der Waals surface area contributed by atoms with E-state index in [1.54, 1.807) is 17.1 Å². The number of aromatic nitrogens is 4. The molecule has 6 nitrogen and oxygen atoms in total. The van der Waals surface area contributed by atoms with Crippen molar-refractivity contribution in [3.63, 3.8) is 0 Å². The number of piperidine rings is 1. The van der Waals surface area contributed by atoms with Gasteiger partial charge in [-0.05, 0) is 44.7 Å². The first kappa shape index (κ1) is 14.8. The van der Waals surface area contributed by atoms with Gasteiger partial charge in [-0.3, -0.25) is 14.2 Å². The lowest BCUT2D eigenvalue weighted by Gasteiger charge is -2.36. The van der Waals surface area contributed by atoms with Gasteiger partial charge in [0, 0.05) is 43.4 Å². The molecule has 1 atom stereocenters. The normalized spacial score (nSPS) is 18.6. The lowest BCUT2D eigenvalue weighted by molar-refractivity contribution is -0.136. The first-order chi connectivity index (χ1) is 10.7. The van der Waals surface area contributed by atoms with Crippen molar-refractivity contribution in [1.29, 1.82) is 0 Å². The summed E-state index contributed by atoms with van der Waals surface area (Å²) in [7, 11) is 0. The fourth-order valence-corrected chi connectivity index (χ4v) is 3.13. The van der Waals surface area contributed by atoms with Crippen LogP contribution in [0, 0.1) is 6.92 Å². The third-order valence-corrected chi connectivity index (χ3v) is 4.41. The van der Waals surface area contributed by atoms with Gasteiger partial charge in [0.15, 0.2) is 0 Å². The van der Waals surface area contributed by atoms with Crippen molar-refractivity contribution in [3.8, 4) is 0 Å². The fourth-order valence-electron chi connectivity index (χ4n) is 3.13. The SMILES string of the molecule is Cc1ccnn1CC(=O)N1CCCCC1CCn1cccn1. The summed E-state index contributed by atoms with van der Waals surface area (Å²) in [4.78, 5) is 14.7.